The Kier molecular flexibility index (Phi) is 9.69. The number of carbonyl (C=O) groups is 1. The number of Topliss-reactive ketones (excluding diaryl/α,β-unsaturated/α-hetero) is 1. The summed E-state index contributed by atoms with van der Waals surface area (Å²) < 4.78 is 18.8. The van der Waals surface area contributed by atoms with Crippen molar-refractivity contribution in [1.82, 2.24) is 0 Å². The Morgan fingerprint density at radius 1 is 0.881 bits per heavy atom. The Labute approximate surface area is 260 Å². The number of rotatable bonds is 11. The standard InChI is InChI=1S/C26H31O3.3C4H9.Sn/c1-25-16-21(17-5-3-2-4-6-17)24-19-11-12-26(28-13-14-29-26)15-18(19)7-8-20(24)22(25)9-10-23(25)27;3*1-3-4-2;/h3-7,19-22,24H,8-16H2,1H3;3*1,3-4H2,2H3;/t19-,20-,21+,22-,24+,25-;;;;/m0..../s1. The molecule has 3 nitrogen and oxygen atoms in total. The molecule has 42 heavy (non-hydrogen) atoms. The number of ketones is 1. The van der Waals surface area contributed by atoms with Crippen molar-refractivity contribution in [2.24, 2.45) is 29.1 Å². The molecule has 1 heterocycles. The molecule has 0 amide bonds. The van der Waals surface area contributed by atoms with Crippen LogP contribution >= 0.6 is 0 Å². The number of benzene rings is 1. The van der Waals surface area contributed by atoms with Crippen LogP contribution in [0.4, 0.5) is 0 Å². The van der Waals surface area contributed by atoms with Gasteiger partial charge in [0.15, 0.2) is 0 Å². The van der Waals surface area contributed by atoms with E-state index < -0.39 is 18.4 Å². The van der Waals surface area contributed by atoms with E-state index in [9.17, 15) is 4.79 Å². The van der Waals surface area contributed by atoms with E-state index in [1.54, 1.807) is 9.15 Å². The summed E-state index contributed by atoms with van der Waals surface area (Å²) in [5.41, 5.74) is 2.99. The van der Waals surface area contributed by atoms with Crippen LogP contribution in [0.5, 0.6) is 0 Å². The SMILES string of the molecule is CCC[CH2][Sn]([CH2]CCC)([CH2]CCC)[c]1ccc([C@H]2C[C@]3(C)C(=O)CC[C@H]3[C@@H]3CC=C4CC5(CC[C@@H]4[C@H]32)OCCO5)cc1. The Morgan fingerprint density at radius 2 is 1.52 bits per heavy atom. The predicted octanol–water partition coefficient (Wildman–Crippen LogP) is 9.32. The van der Waals surface area contributed by atoms with Gasteiger partial charge in [-0.2, -0.15) is 0 Å². The first-order chi connectivity index (χ1) is 20.4. The topological polar surface area (TPSA) is 35.5 Å². The van der Waals surface area contributed by atoms with E-state index in [1.165, 1.54) is 63.8 Å². The van der Waals surface area contributed by atoms with Crippen LogP contribution in [0.3, 0.4) is 0 Å². The third-order valence-electron chi connectivity index (χ3n) is 13.0. The number of ether oxygens (including phenoxy) is 2. The van der Waals surface area contributed by atoms with Gasteiger partial charge in [-0.25, -0.2) is 0 Å². The van der Waals surface area contributed by atoms with Gasteiger partial charge in [0.05, 0.1) is 0 Å². The molecule has 1 aromatic carbocycles. The van der Waals surface area contributed by atoms with E-state index in [1.807, 2.05) is 0 Å². The molecular weight excluding hydrogens is 623 g/mol. The first kappa shape index (κ1) is 31.3. The van der Waals surface area contributed by atoms with Gasteiger partial charge >= 0.3 is 262 Å². The van der Waals surface area contributed by atoms with Crippen molar-refractivity contribution in [3.63, 3.8) is 0 Å². The second-order valence-electron chi connectivity index (χ2n) is 15.2. The van der Waals surface area contributed by atoms with Gasteiger partial charge in [0.1, 0.15) is 0 Å². The van der Waals surface area contributed by atoms with Crippen molar-refractivity contribution in [2.75, 3.05) is 13.2 Å². The molecule has 6 atom stereocenters. The molecule has 232 valence electrons. The van der Waals surface area contributed by atoms with Crippen molar-refractivity contribution in [3.8, 4) is 0 Å². The first-order valence-electron chi connectivity index (χ1n) is 18.0. The number of hydrogen-bond acceptors (Lipinski definition) is 3. The molecule has 3 saturated carbocycles. The summed E-state index contributed by atoms with van der Waals surface area (Å²) in [5.74, 6) is 3.11. The van der Waals surface area contributed by atoms with Gasteiger partial charge in [0.2, 0.25) is 0 Å². The van der Waals surface area contributed by atoms with E-state index in [0.717, 1.165) is 51.7 Å². The number of unbranched alkanes of at least 4 members (excludes halogenated alkanes) is 3. The summed E-state index contributed by atoms with van der Waals surface area (Å²) in [4.78, 5) is 13.5. The molecule has 1 aliphatic heterocycles. The van der Waals surface area contributed by atoms with Gasteiger partial charge in [-0.1, -0.05) is 0 Å². The number of allylic oxidation sites excluding steroid dienone is 1. The minimum atomic E-state index is -2.47. The summed E-state index contributed by atoms with van der Waals surface area (Å²) in [7, 11) is 0. The number of fused-ring (bicyclic) bond motifs is 5. The van der Waals surface area contributed by atoms with Crippen molar-refractivity contribution in [3.05, 3.63) is 41.5 Å². The van der Waals surface area contributed by atoms with Crippen LogP contribution < -0.4 is 3.58 Å². The van der Waals surface area contributed by atoms with Crippen LogP contribution in [0.25, 0.3) is 0 Å². The Hall–Kier alpha value is -0.651. The average Bonchev–Trinajstić information content (AvgIpc) is 3.59. The summed E-state index contributed by atoms with van der Waals surface area (Å²) in [5, 5.41) is 0. The second kappa shape index (κ2) is 13.0. The molecule has 4 aliphatic carbocycles. The molecule has 1 spiro atoms. The van der Waals surface area contributed by atoms with Gasteiger partial charge in [-0.15, -0.1) is 0 Å². The first-order valence-corrected chi connectivity index (χ1v) is 25.5. The van der Waals surface area contributed by atoms with E-state index in [4.69, 9.17) is 9.47 Å². The molecule has 1 saturated heterocycles. The van der Waals surface area contributed by atoms with Gasteiger partial charge < -0.3 is 0 Å². The van der Waals surface area contributed by atoms with Crippen LogP contribution in [0.15, 0.2) is 35.9 Å². The van der Waals surface area contributed by atoms with Crippen molar-refractivity contribution in [2.45, 2.75) is 136 Å². The van der Waals surface area contributed by atoms with Gasteiger partial charge in [0.25, 0.3) is 0 Å². The van der Waals surface area contributed by atoms with E-state index in [-0.39, 0.29) is 11.2 Å². The molecule has 4 fully saturated rings. The minimum absolute atomic E-state index is 0.143. The summed E-state index contributed by atoms with van der Waals surface area (Å²) >= 11 is -2.47. The second-order valence-corrected chi connectivity index (χ2v) is 28.4. The van der Waals surface area contributed by atoms with Crippen LogP contribution in [0.1, 0.15) is 123 Å². The molecule has 0 radical (unpaired) electrons. The average molecular weight is 682 g/mol. The van der Waals surface area contributed by atoms with Crippen LogP contribution in [0.2, 0.25) is 13.3 Å². The molecular formula is C38H58O3Sn. The van der Waals surface area contributed by atoms with Gasteiger partial charge in [-0.05, 0) is 0 Å². The Balaban J connectivity index is 1.33. The zero-order chi connectivity index (χ0) is 29.4. The zero-order valence-corrected chi connectivity index (χ0v) is 30.1. The molecule has 0 N–H and O–H groups in total. The van der Waals surface area contributed by atoms with Crippen LogP contribution in [0, 0.1) is 29.1 Å². The van der Waals surface area contributed by atoms with Crippen LogP contribution in [-0.2, 0) is 14.3 Å². The molecule has 6 rings (SSSR count). The van der Waals surface area contributed by atoms with Gasteiger partial charge in [0, 0.05) is 0 Å². The van der Waals surface area contributed by atoms with E-state index in [0.29, 0.717) is 35.4 Å². The fraction of sp³-hybridized carbons (Fsp3) is 0.763. The van der Waals surface area contributed by atoms with E-state index in [2.05, 4.69) is 58.0 Å². The zero-order valence-electron chi connectivity index (χ0n) is 27.2. The third kappa shape index (κ3) is 5.63. The van der Waals surface area contributed by atoms with Gasteiger partial charge in [-0.3, -0.25) is 0 Å². The van der Waals surface area contributed by atoms with Crippen molar-refractivity contribution < 1.29 is 14.3 Å². The van der Waals surface area contributed by atoms with E-state index >= 15 is 0 Å². The number of carbonyl (C=O) groups excluding carboxylic acids is 1. The van der Waals surface area contributed by atoms with Crippen molar-refractivity contribution >= 4 is 27.7 Å². The summed E-state index contributed by atoms with van der Waals surface area (Å²) in [6.07, 6.45) is 18.0. The molecule has 0 unspecified atom stereocenters. The Bertz CT molecular complexity index is 1100. The molecule has 5 aliphatic rings. The quantitative estimate of drug-likeness (QED) is 0.173. The molecule has 0 bridgehead atoms. The third-order valence-corrected chi connectivity index (χ3v) is 28.6. The summed E-state index contributed by atoms with van der Waals surface area (Å²) in [6.45, 7) is 11.0. The van der Waals surface area contributed by atoms with Crippen molar-refractivity contribution in [1.29, 1.82) is 0 Å². The predicted molar refractivity (Wildman–Crippen MR) is 176 cm³/mol. The number of hydrogen-bond donors (Lipinski definition) is 0. The molecule has 1 aromatic rings. The monoisotopic (exact) mass is 682 g/mol. The fourth-order valence-electron chi connectivity index (χ4n) is 10.7. The van der Waals surface area contributed by atoms with Crippen LogP contribution in [-0.4, -0.2) is 43.2 Å². The summed E-state index contributed by atoms with van der Waals surface area (Å²) in [6, 6.07) is 10.4. The fourth-order valence-corrected chi connectivity index (χ4v) is 26.6. The maximum atomic E-state index is 13.5. The normalized spacial score (nSPS) is 33.8. The Morgan fingerprint density at radius 3 is 2.14 bits per heavy atom. The maximum absolute atomic E-state index is 13.5. The molecule has 0 aromatic heterocycles. The molecule has 4 heteroatoms.